The third-order valence-corrected chi connectivity index (χ3v) is 3.35. The van der Waals surface area contributed by atoms with Gasteiger partial charge >= 0.3 is 0 Å². The lowest BCUT2D eigenvalue weighted by atomic mass is 9.91. The Labute approximate surface area is 99.8 Å². The van der Waals surface area contributed by atoms with Gasteiger partial charge in [-0.15, -0.1) is 0 Å². The second kappa shape index (κ2) is 3.42. The molecule has 0 saturated heterocycles. The van der Waals surface area contributed by atoms with Gasteiger partial charge in [0.25, 0.3) is 0 Å². The molecule has 78 valence electrons. The van der Waals surface area contributed by atoms with Crippen molar-refractivity contribution in [3.63, 3.8) is 0 Å². The number of nitrogens with one attached hydrogen (secondary N) is 1. The quantitative estimate of drug-likeness (QED) is 0.744. The van der Waals surface area contributed by atoms with Crippen LogP contribution in [-0.4, -0.2) is 11.9 Å². The molecule has 0 unspecified atom stereocenters. The maximum atomic E-state index is 5.42. The first-order valence-corrected chi connectivity index (χ1v) is 5.68. The molecule has 1 aliphatic rings. The molecule has 16 heavy (non-hydrogen) atoms. The van der Waals surface area contributed by atoms with Crippen molar-refractivity contribution in [2.75, 3.05) is 12.4 Å². The molecule has 2 aromatic rings. The van der Waals surface area contributed by atoms with Crippen LogP contribution >= 0.6 is 12.2 Å². The second-order valence-corrected chi connectivity index (χ2v) is 4.32. The van der Waals surface area contributed by atoms with Crippen LogP contribution in [0.1, 0.15) is 11.1 Å². The summed E-state index contributed by atoms with van der Waals surface area (Å²) < 4.78 is 0. The van der Waals surface area contributed by atoms with Crippen molar-refractivity contribution in [3.8, 4) is 0 Å². The lowest BCUT2D eigenvalue weighted by Gasteiger charge is -2.17. The van der Waals surface area contributed by atoms with Gasteiger partial charge in [0.1, 0.15) is 0 Å². The Morgan fingerprint density at radius 1 is 1.06 bits per heavy atom. The van der Waals surface area contributed by atoms with Crippen molar-refractivity contribution in [3.05, 3.63) is 47.5 Å². The fraction of sp³-hybridized carbons (Fsp3) is 0.0714. The number of thiocarbonyl (C=S) groups is 1. The van der Waals surface area contributed by atoms with Crippen LogP contribution in [0.4, 0.5) is 5.69 Å². The number of allylic oxidation sites excluding steroid dienone is 1. The summed E-state index contributed by atoms with van der Waals surface area (Å²) in [5, 5.41) is 5.72. The van der Waals surface area contributed by atoms with E-state index in [1.54, 1.807) is 0 Å². The highest BCUT2D eigenvalue weighted by atomic mass is 32.1. The molecule has 0 saturated carbocycles. The van der Waals surface area contributed by atoms with E-state index in [2.05, 4.69) is 41.7 Å². The highest BCUT2D eigenvalue weighted by molar-refractivity contribution is 7.81. The fourth-order valence-electron chi connectivity index (χ4n) is 2.26. The average molecular weight is 225 g/mol. The molecule has 0 bridgehead atoms. The van der Waals surface area contributed by atoms with Gasteiger partial charge in [-0.2, -0.15) is 0 Å². The number of anilines is 1. The SMILES string of the molecule is CNc1ccc2cccc3c2c1C(=S)C=C3. The van der Waals surface area contributed by atoms with E-state index in [1.165, 1.54) is 16.3 Å². The topological polar surface area (TPSA) is 12.0 Å². The molecule has 1 N–H and O–H groups in total. The molecular weight excluding hydrogens is 214 g/mol. The summed E-state index contributed by atoms with van der Waals surface area (Å²) in [4.78, 5) is 0.911. The van der Waals surface area contributed by atoms with E-state index in [0.29, 0.717) is 0 Å². The largest absolute Gasteiger partial charge is 0.388 e. The van der Waals surface area contributed by atoms with Gasteiger partial charge in [0.15, 0.2) is 0 Å². The monoisotopic (exact) mass is 225 g/mol. The predicted molar refractivity (Wildman–Crippen MR) is 74.2 cm³/mol. The van der Waals surface area contributed by atoms with Gasteiger partial charge in [-0.3, -0.25) is 0 Å². The molecule has 0 radical (unpaired) electrons. The van der Waals surface area contributed by atoms with Gasteiger partial charge in [-0.05, 0) is 28.5 Å². The molecule has 1 aliphatic carbocycles. The van der Waals surface area contributed by atoms with Crippen molar-refractivity contribution < 1.29 is 0 Å². The zero-order valence-corrected chi connectivity index (χ0v) is 9.77. The van der Waals surface area contributed by atoms with Gasteiger partial charge < -0.3 is 5.32 Å². The third kappa shape index (κ3) is 1.20. The molecule has 0 heterocycles. The van der Waals surface area contributed by atoms with E-state index in [9.17, 15) is 0 Å². The Kier molecular flexibility index (Phi) is 2.04. The van der Waals surface area contributed by atoms with Gasteiger partial charge in [-0.25, -0.2) is 0 Å². The highest BCUT2D eigenvalue weighted by Crippen LogP contribution is 2.33. The summed E-state index contributed by atoms with van der Waals surface area (Å²) in [5.74, 6) is 0. The predicted octanol–water partition coefficient (Wildman–Crippen LogP) is 3.63. The molecule has 0 atom stereocenters. The van der Waals surface area contributed by atoms with Crippen molar-refractivity contribution in [2.24, 2.45) is 0 Å². The smallest absolute Gasteiger partial charge is 0.0476 e. The lowest BCUT2D eigenvalue weighted by Crippen LogP contribution is -2.05. The van der Waals surface area contributed by atoms with Crippen molar-refractivity contribution in [1.29, 1.82) is 0 Å². The van der Waals surface area contributed by atoms with Crippen molar-refractivity contribution in [1.82, 2.24) is 0 Å². The van der Waals surface area contributed by atoms with Crippen LogP contribution in [0, 0.1) is 0 Å². The first-order valence-electron chi connectivity index (χ1n) is 5.27. The van der Waals surface area contributed by atoms with E-state index in [4.69, 9.17) is 12.2 Å². The number of hydrogen-bond acceptors (Lipinski definition) is 2. The van der Waals surface area contributed by atoms with Crippen LogP contribution in [0.25, 0.3) is 16.8 Å². The van der Waals surface area contributed by atoms with E-state index in [-0.39, 0.29) is 0 Å². The highest BCUT2D eigenvalue weighted by Gasteiger charge is 2.15. The van der Waals surface area contributed by atoms with Gasteiger partial charge in [0.05, 0.1) is 0 Å². The molecule has 3 rings (SSSR count). The molecule has 0 spiro atoms. The summed E-state index contributed by atoms with van der Waals surface area (Å²) in [6.07, 6.45) is 4.10. The Bertz CT molecular complexity index is 626. The Morgan fingerprint density at radius 2 is 1.94 bits per heavy atom. The van der Waals surface area contributed by atoms with Gasteiger partial charge in [-0.1, -0.05) is 42.6 Å². The summed E-state index contributed by atoms with van der Waals surface area (Å²) in [6.45, 7) is 0. The first-order chi connectivity index (χ1) is 7.81. The Morgan fingerprint density at radius 3 is 2.75 bits per heavy atom. The molecule has 0 fully saturated rings. The summed E-state index contributed by atoms with van der Waals surface area (Å²) in [5.41, 5.74) is 3.51. The maximum absolute atomic E-state index is 5.42. The van der Waals surface area contributed by atoms with Gasteiger partial charge in [0.2, 0.25) is 0 Å². The average Bonchev–Trinajstić information content (AvgIpc) is 2.33. The van der Waals surface area contributed by atoms with Crippen molar-refractivity contribution in [2.45, 2.75) is 0 Å². The van der Waals surface area contributed by atoms with E-state index < -0.39 is 0 Å². The second-order valence-electron chi connectivity index (χ2n) is 3.88. The summed E-state index contributed by atoms with van der Waals surface area (Å²) in [7, 11) is 1.93. The molecule has 2 aromatic carbocycles. The molecule has 2 heteroatoms. The van der Waals surface area contributed by atoms with Crippen LogP contribution in [0.3, 0.4) is 0 Å². The van der Waals surface area contributed by atoms with Crippen LogP contribution in [0.2, 0.25) is 0 Å². The first kappa shape index (κ1) is 9.55. The fourth-order valence-corrected chi connectivity index (χ4v) is 2.54. The summed E-state index contributed by atoms with van der Waals surface area (Å²) in [6, 6.07) is 10.6. The third-order valence-electron chi connectivity index (χ3n) is 3.01. The minimum atomic E-state index is 0.911. The standard InChI is InChI=1S/C14H11NS/c1-15-11-7-5-9-3-2-4-10-6-8-12(16)14(11)13(9)10/h2-8,15H,1H3. The minimum absolute atomic E-state index is 0.911. The number of benzene rings is 2. The number of rotatable bonds is 1. The van der Waals surface area contributed by atoms with Crippen molar-refractivity contribution >= 4 is 39.6 Å². The van der Waals surface area contributed by atoms with E-state index in [0.717, 1.165) is 16.1 Å². The zero-order valence-electron chi connectivity index (χ0n) is 8.95. The Hall–Kier alpha value is -1.67. The normalized spacial score (nSPS) is 13.2. The minimum Gasteiger partial charge on any atom is -0.388 e. The van der Waals surface area contributed by atoms with E-state index >= 15 is 0 Å². The number of hydrogen-bond donors (Lipinski definition) is 1. The van der Waals surface area contributed by atoms with E-state index in [1.807, 2.05) is 13.1 Å². The van der Waals surface area contributed by atoms with Crippen LogP contribution in [0.15, 0.2) is 36.4 Å². The van der Waals surface area contributed by atoms with Gasteiger partial charge in [0, 0.05) is 23.2 Å². The molecule has 1 nitrogen and oxygen atoms in total. The molecule has 0 aromatic heterocycles. The Balaban J connectivity index is 2.53. The molecule has 0 aliphatic heterocycles. The maximum Gasteiger partial charge on any atom is 0.0476 e. The lowest BCUT2D eigenvalue weighted by molar-refractivity contribution is 1.51. The molecule has 0 amide bonds. The van der Waals surface area contributed by atoms with Crippen LogP contribution < -0.4 is 5.32 Å². The van der Waals surface area contributed by atoms with Crippen LogP contribution in [0.5, 0.6) is 0 Å². The summed E-state index contributed by atoms with van der Waals surface area (Å²) >= 11 is 5.42. The van der Waals surface area contributed by atoms with Crippen LogP contribution in [-0.2, 0) is 0 Å². The molecular formula is C14H11NS. The zero-order chi connectivity index (χ0) is 11.1.